The van der Waals surface area contributed by atoms with E-state index in [2.05, 4.69) is 14.8 Å². The lowest BCUT2D eigenvalue weighted by Gasteiger charge is -2.48. The van der Waals surface area contributed by atoms with Crippen molar-refractivity contribution in [1.29, 1.82) is 0 Å². The van der Waals surface area contributed by atoms with Gasteiger partial charge in [-0.1, -0.05) is 12.1 Å². The van der Waals surface area contributed by atoms with Crippen molar-refractivity contribution in [1.82, 2.24) is 14.8 Å². The first-order chi connectivity index (χ1) is 16.9. The van der Waals surface area contributed by atoms with Gasteiger partial charge in [-0.25, -0.2) is 14.2 Å². The van der Waals surface area contributed by atoms with E-state index in [4.69, 9.17) is 4.74 Å². The van der Waals surface area contributed by atoms with Crippen LogP contribution in [0.15, 0.2) is 30.5 Å². The number of amides is 1. The fourth-order valence-corrected chi connectivity index (χ4v) is 6.09. The number of hydrogen-bond acceptors (Lipinski definition) is 6. The maximum Gasteiger partial charge on any atom is 0.409 e. The van der Waals surface area contributed by atoms with E-state index in [9.17, 15) is 14.3 Å². The smallest absolute Gasteiger partial charge is 0.409 e. The maximum absolute atomic E-state index is 14.2. The summed E-state index contributed by atoms with van der Waals surface area (Å²) >= 11 is 0. The zero-order valence-electron chi connectivity index (χ0n) is 20.7. The van der Waals surface area contributed by atoms with Crippen LogP contribution in [0.1, 0.15) is 37.3 Å². The number of aromatic nitrogens is 1. The third kappa shape index (κ3) is 4.74. The van der Waals surface area contributed by atoms with Gasteiger partial charge in [-0.3, -0.25) is 4.90 Å². The van der Waals surface area contributed by atoms with Crippen molar-refractivity contribution in [2.45, 2.75) is 45.8 Å². The van der Waals surface area contributed by atoms with Crippen LogP contribution < -0.4 is 4.90 Å². The molecule has 3 heterocycles. The Morgan fingerprint density at radius 3 is 2.71 bits per heavy atom. The van der Waals surface area contributed by atoms with E-state index in [1.54, 1.807) is 6.07 Å². The van der Waals surface area contributed by atoms with Gasteiger partial charge in [0.2, 0.25) is 0 Å². The zero-order valence-corrected chi connectivity index (χ0v) is 20.7. The average Bonchev–Trinajstić information content (AvgIpc) is 3.30. The van der Waals surface area contributed by atoms with Crippen LogP contribution in [0.25, 0.3) is 11.1 Å². The summed E-state index contributed by atoms with van der Waals surface area (Å²) in [6, 6.07) is 7.97. The molecule has 0 unspecified atom stereocenters. The van der Waals surface area contributed by atoms with Gasteiger partial charge in [0, 0.05) is 56.3 Å². The largest absolute Gasteiger partial charge is 0.450 e. The number of benzene rings is 1. The fraction of sp³-hybridized carbons (Fsp3) is 0.556. The number of aryl methyl sites for hydroxylation is 1. The monoisotopic (exact) mass is 482 g/mol. The summed E-state index contributed by atoms with van der Waals surface area (Å²) in [4.78, 5) is 23.1. The molecule has 3 fully saturated rings. The number of nitrogens with zero attached hydrogens (tertiary/aromatic N) is 4. The number of halogens is 1. The summed E-state index contributed by atoms with van der Waals surface area (Å²) < 4.78 is 19.3. The van der Waals surface area contributed by atoms with Crippen molar-refractivity contribution in [2.24, 2.45) is 5.41 Å². The van der Waals surface area contributed by atoms with Crippen molar-refractivity contribution in [3.63, 3.8) is 0 Å². The molecule has 2 saturated heterocycles. The van der Waals surface area contributed by atoms with Gasteiger partial charge < -0.3 is 19.6 Å². The topological polar surface area (TPSA) is 69.1 Å². The Labute approximate surface area is 206 Å². The third-order valence-electron chi connectivity index (χ3n) is 8.05. The van der Waals surface area contributed by atoms with Gasteiger partial charge in [-0.2, -0.15) is 0 Å². The first kappa shape index (κ1) is 24.0. The molecule has 2 aliphatic heterocycles. The lowest BCUT2D eigenvalue weighted by atomic mass is 9.78. The summed E-state index contributed by atoms with van der Waals surface area (Å²) in [5.74, 6) is 0.438. The molecule has 1 aromatic carbocycles. The van der Waals surface area contributed by atoms with Crippen LogP contribution in [-0.4, -0.2) is 77.9 Å². The summed E-state index contributed by atoms with van der Waals surface area (Å²) in [6.45, 7) is 9.37. The van der Waals surface area contributed by atoms with Crippen molar-refractivity contribution < 1.29 is 19.0 Å². The molecule has 1 amide bonds. The number of aliphatic hydroxyl groups is 1. The van der Waals surface area contributed by atoms with Gasteiger partial charge in [0.25, 0.3) is 0 Å². The molecule has 1 spiro atoms. The van der Waals surface area contributed by atoms with Gasteiger partial charge in [0.1, 0.15) is 11.6 Å². The normalized spacial score (nSPS) is 21.9. The Hall–Kier alpha value is -2.71. The number of hydrogen-bond donors (Lipinski definition) is 1. The molecule has 35 heavy (non-hydrogen) atoms. The molecular weight excluding hydrogens is 447 g/mol. The van der Waals surface area contributed by atoms with Crippen LogP contribution >= 0.6 is 0 Å². The molecule has 1 aliphatic carbocycles. The Balaban J connectivity index is 1.23. The van der Waals surface area contributed by atoms with E-state index in [0.717, 1.165) is 80.2 Å². The van der Waals surface area contributed by atoms with E-state index in [0.29, 0.717) is 12.6 Å². The quantitative estimate of drug-likeness (QED) is 0.699. The standard InChI is InChI=1S/C27H35FN4O3/c1-3-35-26(34)32-17-27(18-32)7-6-23(14-27)30-8-10-31(11-9-30)25-24(13-22(28)15-29-25)20-5-4-19(2)21(12-20)16-33/h4-5,12-13,15,23,33H,3,6-11,14,16-18H2,1-2H3/t23-/m1/s1. The number of rotatable bonds is 5. The second-order valence-corrected chi connectivity index (χ2v) is 10.3. The predicted octanol–water partition coefficient (Wildman–Crippen LogP) is 3.82. The number of ether oxygens (including phenoxy) is 1. The van der Waals surface area contributed by atoms with Crippen molar-refractivity contribution >= 4 is 11.9 Å². The average molecular weight is 483 g/mol. The number of carbonyl (C=O) groups excluding carboxylic acids is 1. The Morgan fingerprint density at radius 1 is 1.23 bits per heavy atom. The van der Waals surface area contributed by atoms with Gasteiger partial charge in [-0.15, -0.1) is 0 Å². The number of likely N-dealkylation sites (tertiary alicyclic amines) is 1. The SMILES string of the molecule is CCOC(=O)N1CC2(CC[C@@H](N3CCN(c4ncc(F)cc4-c4ccc(C)c(CO)c4)CC3)C2)C1. The molecule has 1 aromatic heterocycles. The Kier molecular flexibility index (Phi) is 6.68. The van der Waals surface area contributed by atoms with Gasteiger partial charge in [0.05, 0.1) is 19.4 Å². The molecule has 7 nitrogen and oxygen atoms in total. The second kappa shape index (κ2) is 9.74. The molecule has 0 bridgehead atoms. The maximum atomic E-state index is 14.2. The molecule has 1 saturated carbocycles. The summed E-state index contributed by atoms with van der Waals surface area (Å²) in [5, 5.41) is 9.69. The van der Waals surface area contributed by atoms with Crippen LogP contribution in [0.4, 0.5) is 15.0 Å². The van der Waals surface area contributed by atoms with Gasteiger partial charge in [-0.05, 0) is 61.9 Å². The minimum Gasteiger partial charge on any atom is -0.450 e. The summed E-state index contributed by atoms with van der Waals surface area (Å²) in [7, 11) is 0. The van der Waals surface area contributed by atoms with Crippen LogP contribution in [0.3, 0.4) is 0 Å². The molecule has 0 radical (unpaired) electrons. The zero-order chi connectivity index (χ0) is 24.6. The van der Waals surface area contributed by atoms with E-state index < -0.39 is 0 Å². The molecule has 2 aromatic rings. The van der Waals surface area contributed by atoms with Crippen LogP contribution in [0.5, 0.6) is 0 Å². The molecule has 1 N–H and O–H groups in total. The number of carbonyl (C=O) groups is 1. The number of aliphatic hydroxyl groups excluding tert-OH is 1. The number of anilines is 1. The third-order valence-corrected chi connectivity index (χ3v) is 8.05. The van der Waals surface area contributed by atoms with E-state index in [-0.39, 0.29) is 23.9 Å². The highest BCUT2D eigenvalue weighted by molar-refractivity contribution is 5.76. The molecule has 3 aliphatic rings. The fourth-order valence-electron chi connectivity index (χ4n) is 6.09. The molecule has 188 valence electrons. The second-order valence-electron chi connectivity index (χ2n) is 10.3. The highest BCUT2D eigenvalue weighted by atomic mass is 19.1. The van der Waals surface area contributed by atoms with Crippen LogP contribution in [0.2, 0.25) is 0 Å². The molecule has 1 atom stereocenters. The minimum atomic E-state index is -0.359. The highest BCUT2D eigenvalue weighted by Crippen LogP contribution is 2.47. The summed E-state index contributed by atoms with van der Waals surface area (Å²) in [6.07, 6.45) is 4.58. The van der Waals surface area contributed by atoms with E-state index >= 15 is 0 Å². The number of pyridine rings is 1. The minimum absolute atomic E-state index is 0.0448. The van der Waals surface area contributed by atoms with Crippen LogP contribution in [0, 0.1) is 18.2 Å². The van der Waals surface area contributed by atoms with Crippen molar-refractivity contribution in [3.8, 4) is 11.1 Å². The Bertz CT molecular complexity index is 1080. The Morgan fingerprint density at radius 2 is 2.00 bits per heavy atom. The van der Waals surface area contributed by atoms with Gasteiger partial charge in [0.15, 0.2) is 0 Å². The summed E-state index contributed by atoms with van der Waals surface area (Å²) in [5.41, 5.74) is 3.76. The van der Waals surface area contributed by atoms with E-state index in [1.165, 1.54) is 12.6 Å². The number of piperazine rings is 1. The molecule has 5 rings (SSSR count). The lowest BCUT2D eigenvalue weighted by Crippen LogP contribution is -2.58. The van der Waals surface area contributed by atoms with Gasteiger partial charge >= 0.3 is 6.09 Å². The highest BCUT2D eigenvalue weighted by Gasteiger charge is 2.51. The van der Waals surface area contributed by atoms with Crippen molar-refractivity contribution in [3.05, 3.63) is 47.4 Å². The first-order valence-electron chi connectivity index (χ1n) is 12.7. The van der Waals surface area contributed by atoms with E-state index in [1.807, 2.05) is 36.9 Å². The van der Waals surface area contributed by atoms with Crippen molar-refractivity contribution in [2.75, 3.05) is 50.8 Å². The predicted molar refractivity (Wildman–Crippen MR) is 133 cm³/mol. The lowest BCUT2D eigenvalue weighted by molar-refractivity contribution is -0.00294. The van der Waals surface area contributed by atoms with Crippen LogP contribution in [-0.2, 0) is 11.3 Å². The molecule has 8 heteroatoms. The molecular formula is C27H35FN4O3. The first-order valence-corrected chi connectivity index (χ1v) is 12.7.